The fourth-order valence-electron chi connectivity index (χ4n) is 1.55. The highest BCUT2D eigenvalue weighted by Gasteiger charge is 2.05. The summed E-state index contributed by atoms with van der Waals surface area (Å²) in [6, 6.07) is 6.09. The van der Waals surface area contributed by atoms with E-state index in [1.165, 1.54) is 5.56 Å². The zero-order chi connectivity index (χ0) is 10.1. The number of nitrogens with one attached hydrogen (secondary N) is 1. The summed E-state index contributed by atoms with van der Waals surface area (Å²) >= 11 is 0. The van der Waals surface area contributed by atoms with Crippen molar-refractivity contribution in [3.63, 3.8) is 0 Å². The van der Waals surface area contributed by atoms with E-state index in [9.17, 15) is 5.11 Å². The van der Waals surface area contributed by atoms with Crippen LogP contribution < -0.4 is 0 Å². The maximum atomic E-state index is 9.23. The number of hydrogen-bond acceptors (Lipinski definition) is 2. The quantitative estimate of drug-likeness (QED) is 0.758. The van der Waals surface area contributed by atoms with E-state index in [1.807, 2.05) is 12.1 Å². The van der Waals surface area contributed by atoms with Crippen LogP contribution >= 0.6 is 0 Å². The lowest BCUT2D eigenvalue weighted by Gasteiger charge is -1.97. The predicted octanol–water partition coefficient (Wildman–Crippen LogP) is 1.79. The molecule has 2 aromatic rings. The molecule has 0 saturated carbocycles. The molecule has 3 heteroatoms. The number of imidazole rings is 1. The molecular weight excluding hydrogens is 176 g/mol. The molecule has 0 spiro atoms. The molecule has 1 aromatic carbocycles. The standard InChI is InChI=1S/C11H14N2O/c1-7-3-4-9-10(5-7)13-11(12-9)6-8(2)14/h3-5,8,14H,6H2,1-2H3,(H,12,13). The van der Waals surface area contributed by atoms with Crippen molar-refractivity contribution in [1.82, 2.24) is 9.97 Å². The summed E-state index contributed by atoms with van der Waals surface area (Å²) in [6.45, 7) is 3.81. The van der Waals surface area contributed by atoms with Crippen molar-refractivity contribution in [1.29, 1.82) is 0 Å². The Labute approximate surface area is 82.8 Å². The van der Waals surface area contributed by atoms with Gasteiger partial charge in [-0.05, 0) is 31.5 Å². The van der Waals surface area contributed by atoms with E-state index in [1.54, 1.807) is 6.92 Å². The maximum Gasteiger partial charge on any atom is 0.109 e. The first-order chi connectivity index (χ1) is 6.65. The van der Waals surface area contributed by atoms with Crippen LogP contribution in [0.15, 0.2) is 18.2 Å². The SMILES string of the molecule is Cc1ccc2nc(CC(C)O)[nH]c2c1. The van der Waals surface area contributed by atoms with Gasteiger partial charge in [0.1, 0.15) is 5.82 Å². The number of aliphatic hydroxyl groups excluding tert-OH is 1. The topological polar surface area (TPSA) is 48.9 Å². The molecule has 3 nitrogen and oxygen atoms in total. The average molecular weight is 190 g/mol. The number of aliphatic hydroxyl groups is 1. The van der Waals surface area contributed by atoms with Gasteiger partial charge in [-0.25, -0.2) is 4.98 Å². The van der Waals surface area contributed by atoms with Gasteiger partial charge in [0.25, 0.3) is 0 Å². The van der Waals surface area contributed by atoms with Crippen LogP contribution in [0.2, 0.25) is 0 Å². The third-order valence-electron chi connectivity index (χ3n) is 2.18. The molecule has 0 aliphatic carbocycles. The third-order valence-corrected chi connectivity index (χ3v) is 2.18. The Balaban J connectivity index is 2.41. The zero-order valence-corrected chi connectivity index (χ0v) is 8.41. The number of rotatable bonds is 2. The van der Waals surface area contributed by atoms with Gasteiger partial charge in [-0.3, -0.25) is 0 Å². The Hall–Kier alpha value is -1.35. The smallest absolute Gasteiger partial charge is 0.109 e. The van der Waals surface area contributed by atoms with Gasteiger partial charge < -0.3 is 10.1 Å². The van der Waals surface area contributed by atoms with Gasteiger partial charge in [-0.15, -0.1) is 0 Å². The fraction of sp³-hybridized carbons (Fsp3) is 0.364. The van der Waals surface area contributed by atoms with Crippen LogP contribution in [0.3, 0.4) is 0 Å². The zero-order valence-electron chi connectivity index (χ0n) is 8.41. The molecule has 0 radical (unpaired) electrons. The minimum absolute atomic E-state index is 0.350. The minimum Gasteiger partial charge on any atom is -0.393 e. The van der Waals surface area contributed by atoms with Crippen molar-refractivity contribution in [2.24, 2.45) is 0 Å². The lowest BCUT2D eigenvalue weighted by atomic mass is 10.2. The summed E-state index contributed by atoms with van der Waals surface area (Å²) < 4.78 is 0. The monoisotopic (exact) mass is 190 g/mol. The summed E-state index contributed by atoms with van der Waals surface area (Å²) in [7, 11) is 0. The van der Waals surface area contributed by atoms with E-state index in [-0.39, 0.29) is 6.10 Å². The molecule has 14 heavy (non-hydrogen) atoms. The van der Waals surface area contributed by atoms with Gasteiger partial charge in [-0.2, -0.15) is 0 Å². The Morgan fingerprint density at radius 2 is 2.29 bits per heavy atom. The number of fused-ring (bicyclic) bond motifs is 1. The lowest BCUT2D eigenvalue weighted by Crippen LogP contribution is -2.05. The van der Waals surface area contributed by atoms with Crippen LogP contribution in [0.1, 0.15) is 18.3 Å². The molecule has 0 amide bonds. The second kappa shape index (κ2) is 3.42. The number of aromatic nitrogens is 2. The van der Waals surface area contributed by atoms with E-state index in [0.717, 1.165) is 16.9 Å². The Kier molecular flexibility index (Phi) is 2.25. The van der Waals surface area contributed by atoms with Crippen LogP contribution in [0.5, 0.6) is 0 Å². The fourth-order valence-corrected chi connectivity index (χ4v) is 1.55. The molecule has 2 N–H and O–H groups in total. The van der Waals surface area contributed by atoms with Gasteiger partial charge in [0.15, 0.2) is 0 Å². The van der Waals surface area contributed by atoms with Crippen molar-refractivity contribution in [3.8, 4) is 0 Å². The lowest BCUT2D eigenvalue weighted by molar-refractivity contribution is 0.193. The van der Waals surface area contributed by atoms with E-state index in [2.05, 4.69) is 23.0 Å². The molecule has 0 aliphatic rings. The Bertz CT molecular complexity index is 445. The van der Waals surface area contributed by atoms with Crippen LogP contribution in [0.4, 0.5) is 0 Å². The second-order valence-electron chi connectivity index (χ2n) is 3.76. The minimum atomic E-state index is -0.350. The van der Waals surface area contributed by atoms with Crippen molar-refractivity contribution in [2.45, 2.75) is 26.4 Å². The van der Waals surface area contributed by atoms with Crippen molar-refractivity contribution >= 4 is 11.0 Å². The van der Waals surface area contributed by atoms with E-state index in [0.29, 0.717) is 6.42 Å². The molecule has 0 saturated heterocycles. The summed E-state index contributed by atoms with van der Waals surface area (Å²) in [6.07, 6.45) is 0.227. The molecule has 1 atom stereocenters. The van der Waals surface area contributed by atoms with Crippen LogP contribution in [-0.4, -0.2) is 21.2 Å². The van der Waals surface area contributed by atoms with Crippen LogP contribution in [0.25, 0.3) is 11.0 Å². The van der Waals surface area contributed by atoms with Gasteiger partial charge >= 0.3 is 0 Å². The number of nitrogens with zero attached hydrogens (tertiary/aromatic N) is 1. The second-order valence-corrected chi connectivity index (χ2v) is 3.76. The number of hydrogen-bond donors (Lipinski definition) is 2. The summed E-state index contributed by atoms with van der Waals surface area (Å²) in [5.41, 5.74) is 3.22. The van der Waals surface area contributed by atoms with Gasteiger partial charge in [-0.1, -0.05) is 6.07 Å². The Morgan fingerprint density at radius 3 is 3.00 bits per heavy atom. The van der Waals surface area contributed by atoms with E-state index >= 15 is 0 Å². The van der Waals surface area contributed by atoms with Crippen LogP contribution in [0, 0.1) is 6.92 Å². The Morgan fingerprint density at radius 1 is 1.50 bits per heavy atom. The highest BCUT2D eigenvalue weighted by Crippen LogP contribution is 2.13. The van der Waals surface area contributed by atoms with Gasteiger partial charge in [0.05, 0.1) is 17.1 Å². The normalized spacial score (nSPS) is 13.4. The maximum absolute atomic E-state index is 9.23. The number of aromatic amines is 1. The van der Waals surface area contributed by atoms with Gasteiger partial charge in [0.2, 0.25) is 0 Å². The van der Waals surface area contributed by atoms with Gasteiger partial charge in [0, 0.05) is 6.42 Å². The van der Waals surface area contributed by atoms with Crippen molar-refractivity contribution in [2.75, 3.05) is 0 Å². The average Bonchev–Trinajstić information content (AvgIpc) is 2.44. The molecule has 1 unspecified atom stereocenters. The van der Waals surface area contributed by atoms with Crippen molar-refractivity contribution in [3.05, 3.63) is 29.6 Å². The third kappa shape index (κ3) is 1.77. The predicted molar refractivity (Wildman–Crippen MR) is 56.2 cm³/mol. The van der Waals surface area contributed by atoms with Crippen molar-refractivity contribution < 1.29 is 5.11 Å². The molecule has 0 bridgehead atoms. The molecular formula is C11H14N2O. The molecule has 1 aromatic heterocycles. The molecule has 74 valence electrons. The van der Waals surface area contributed by atoms with E-state index in [4.69, 9.17) is 0 Å². The summed E-state index contributed by atoms with van der Waals surface area (Å²) in [4.78, 5) is 7.58. The summed E-state index contributed by atoms with van der Waals surface area (Å²) in [5, 5.41) is 9.23. The number of benzene rings is 1. The van der Waals surface area contributed by atoms with E-state index < -0.39 is 0 Å². The first-order valence-electron chi connectivity index (χ1n) is 4.78. The largest absolute Gasteiger partial charge is 0.393 e. The first-order valence-corrected chi connectivity index (χ1v) is 4.78. The van der Waals surface area contributed by atoms with Crippen LogP contribution in [-0.2, 0) is 6.42 Å². The molecule has 0 fully saturated rings. The molecule has 0 aliphatic heterocycles. The highest BCUT2D eigenvalue weighted by molar-refractivity contribution is 5.75. The summed E-state index contributed by atoms with van der Waals surface area (Å²) in [5.74, 6) is 0.848. The highest BCUT2D eigenvalue weighted by atomic mass is 16.3. The molecule has 2 rings (SSSR count). The molecule has 1 heterocycles. The first kappa shape index (κ1) is 9.21. The number of aryl methyl sites for hydroxylation is 1. The number of H-pyrrole nitrogens is 1.